The van der Waals surface area contributed by atoms with E-state index in [4.69, 9.17) is 0 Å². The number of rotatable bonds is 2. The van der Waals surface area contributed by atoms with Gasteiger partial charge in [0.2, 0.25) is 5.78 Å². The van der Waals surface area contributed by atoms with Crippen molar-refractivity contribution in [1.29, 1.82) is 0 Å². The van der Waals surface area contributed by atoms with Crippen molar-refractivity contribution in [2.24, 2.45) is 0 Å². The van der Waals surface area contributed by atoms with Crippen molar-refractivity contribution in [3.8, 4) is 0 Å². The fourth-order valence-electron chi connectivity index (χ4n) is 2.10. The maximum atomic E-state index is 12.4. The van der Waals surface area contributed by atoms with E-state index in [0.29, 0.717) is 0 Å². The van der Waals surface area contributed by atoms with Crippen LogP contribution in [0.5, 0.6) is 0 Å². The third kappa shape index (κ3) is 1.59. The second-order valence-electron chi connectivity index (χ2n) is 3.98. The highest BCUT2D eigenvalue weighted by Crippen LogP contribution is 2.25. The highest BCUT2D eigenvalue weighted by molar-refractivity contribution is 7.12. The fourth-order valence-corrected chi connectivity index (χ4v) is 2.77. The number of carbonyl (C=O) groups excluding carboxylic acids is 1. The van der Waals surface area contributed by atoms with Gasteiger partial charge in [0.25, 0.3) is 0 Å². The van der Waals surface area contributed by atoms with E-state index in [1.807, 2.05) is 48.7 Å². The number of H-pyrrole nitrogens is 1. The molecule has 3 aromatic rings. The first-order valence-electron chi connectivity index (χ1n) is 5.43. The molecule has 2 heterocycles. The number of fused-ring (bicyclic) bond motifs is 1. The lowest BCUT2D eigenvalue weighted by atomic mass is 10.1. The van der Waals surface area contributed by atoms with Gasteiger partial charge in [-0.25, -0.2) is 0 Å². The monoisotopic (exact) mass is 241 g/mol. The highest BCUT2D eigenvalue weighted by Gasteiger charge is 2.17. The van der Waals surface area contributed by atoms with Gasteiger partial charge >= 0.3 is 0 Å². The van der Waals surface area contributed by atoms with Crippen molar-refractivity contribution in [2.75, 3.05) is 0 Å². The van der Waals surface area contributed by atoms with Crippen LogP contribution in [0.25, 0.3) is 10.9 Å². The van der Waals surface area contributed by atoms with Gasteiger partial charge in [0.05, 0.1) is 10.4 Å². The standard InChI is InChI=1S/C14H11NOS/c1-9-13(14(16)12-7-4-8-17-12)10-5-2-3-6-11(10)15-9/h2-8,15H,1H3. The van der Waals surface area contributed by atoms with Gasteiger partial charge in [0.15, 0.2) is 0 Å². The van der Waals surface area contributed by atoms with Gasteiger partial charge in [-0.1, -0.05) is 24.3 Å². The molecule has 2 nitrogen and oxygen atoms in total. The van der Waals surface area contributed by atoms with Gasteiger partial charge in [-0.3, -0.25) is 4.79 Å². The maximum Gasteiger partial charge on any atom is 0.205 e. The van der Waals surface area contributed by atoms with Crippen LogP contribution in [0.4, 0.5) is 0 Å². The Balaban J connectivity index is 2.24. The molecule has 0 aliphatic heterocycles. The molecule has 0 aliphatic carbocycles. The average Bonchev–Trinajstić information content (AvgIpc) is 2.94. The van der Waals surface area contributed by atoms with Crippen LogP contribution < -0.4 is 0 Å². The zero-order valence-corrected chi connectivity index (χ0v) is 10.2. The van der Waals surface area contributed by atoms with Gasteiger partial charge in [-0.15, -0.1) is 11.3 Å². The zero-order chi connectivity index (χ0) is 11.8. The van der Waals surface area contributed by atoms with E-state index in [1.54, 1.807) is 0 Å². The van der Waals surface area contributed by atoms with Crippen molar-refractivity contribution in [2.45, 2.75) is 6.92 Å². The number of aromatic nitrogens is 1. The summed E-state index contributed by atoms with van der Waals surface area (Å²) >= 11 is 1.48. The summed E-state index contributed by atoms with van der Waals surface area (Å²) in [6.45, 7) is 1.95. The van der Waals surface area contributed by atoms with E-state index < -0.39 is 0 Å². The molecule has 3 heteroatoms. The Bertz CT molecular complexity index is 679. The number of hydrogen-bond donors (Lipinski definition) is 1. The summed E-state index contributed by atoms with van der Waals surface area (Å²) in [5.74, 6) is 0.106. The predicted octanol–water partition coefficient (Wildman–Crippen LogP) is 3.77. The molecular weight excluding hydrogens is 230 g/mol. The van der Waals surface area contributed by atoms with E-state index in [9.17, 15) is 4.79 Å². The Labute approximate surface area is 103 Å². The molecule has 0 saturated heterocycles. The van der Waals surface area contributed by atoms with Crippen LogP contribution in [-0.2, 0) is 0 Å². The average molecular weight is 241 g/mol. The minimum atomic E-state index is 0.106. The van der Waals surface area contributed by atoms with Gasteiger partial charge in [-0.05, 0) is 24.4 Å². The number of thiophene rings is 1. The lowest BCUT2D eigenvalue weighted by molar-refractivity contribution is 0.104. The lowest BCUT2D eigenvalue weighted by Gasteiger charge is -1.97. The molecule has 0 spiro atoms. The number of aryl methyl sites for hydroxylation is 1. The van der Waals surface area contributed by atoms with Crippen LogP contribution >= 0.6 is 11.3 Å². The van der Waals surface area contributed by atoms with Crippen molar-refractivity contribution in [3.63, 3.8) is 0 Å². The molecule has 3 rings (SSSR count). The SMILES string of the molecule is Cc1[nH]c2ccccc2c1C(=O)c1cccs1. The number of carbonyl (C=O) groups is 1. The van der Waals surface area contributed by atoms with Crippen molar-refractivity contribution in [1.82, 2.24) is 4.98 Å². The van der Waals surface area contributed by atoms with Crippen LogP contribution in [0.2, 0.25) is 0 Å². The molecule has 2 aromatic heterocycles. The van der Waals surface area contributed by atoms with Crippen LogP contribution in [0.1, 0.15) is 20.9 Å². The van der Waals surface area contributed by atoms with Crippen molar-refractivity contribution >= 4 is 28.0 Å². The largest absolute Gasteiger partial charge is 0.358 e. The fraction of sp³-hybridized carbons (Fsp3) is 0.0714. The first-order chi connectivity index (χ1) is 8.27. The van der Waals surface area contributed by atoms with E-state index in [1.165, 1.54) is 11.3 Å². The highest BCUT2D eigenvalue weighted by atomic mass is 32.1. The first-order valence-corrected chi connectivity index (χ1v) is 6.31. The van der Waals surface area contributed by atoms with Gasteiger partial charge in [0, 0.05) is 16.6 Å². The zero-order valence-electron chi connectivity index (χ0n) is 9.36. The molecule has 84 valence electrons. The summed E-state index contributed by atoms with van der Waals surface area (Å²) in [5, 5.41) is 2.93. The topological polar surface area (TPSA) is 32.9 Å². The Morgan fingerprint density at radius 1 is 1.18 bits per heavy atom. The number of benzene rings is 1. The summed E-state index contributed by atoms with van der Waals surface area (Å²) in [7, 11) is 0. The molecule has 0 radical (unpaired) electrons. The molecule has 1 aromatic carbocycles. The van der Waals surface area contributed by atoms with Crippen LogP contribution in [0.15, 0.2) is 41.8 Å². The van der Waals surface area contributed by atoms with Crippen LogP contribution in [0, 0.1) is 6.92 Å². The van der Waals surface area contributed by atoms with Crippen LogP contribution in [0.3, 0.4) is 0 Å². The Morgan fingerprint density at radius 2 is 2.00 bits per heavy atom. The third-order valence-electron chi connectivity index (χ3n) is 2.87. The second-order valence-corrected chi connectivity index (χ2v) is 4.92. The number of nitrogens with one attached hydrogen (secondary N) is 1. The quantitative estimate of drug-likeness (QED) is 0.681. The molecule has 0 aliphatic rings. The number of para-hydroxylation sites is 1. The minimum Gasteiger partial charge on any atom is -0.358 e. The molecule has 0 amide bonds. The van der Waals surface area contributed by atoms with E-state index in [0.717, 1.165) is 27.0 Å². The smallest absolute Gasteiger partial charge is 0.205 e. The Hall–Kier alpha value is -1.87. The summed E-state index contributed by atoms with van der Waals surface area (Å²) in [6.07, 6.45) is 0. The van der Waals surface area contributed by atoms with Gasteiger partial charge < -0.3 is 4.98 Å². The van der Waals surface area contributed by atoms with E-state index >= 15 is 0 Å². The molecule has 0 fully saturated rings. The Morgan fingerprint density at radius 3 is 2.76 bits per heavy atom. The van der Waals surface area contributed by atoms with E-state index in [-0.39, 0.29) is 5.78 Å². The molecule has 0 unspecified atom stereocenters. The number of ketones is 1. The molecule has 0 atom stereocenters. The molecule has 17 heavy (non-hydrogen) atoms. The summed E-state index contributed by atoms with van der Waals surface area (Å²) in [6, 6.07) is 11.7. The van der Waals surface area contributed by atoms with Crippen LogP contribution in [-0.4, -0.2) is 10.8 Å². The lowest BCUT2D eigenvalue weighted by Crippen LogP contribution is -1.99. The maximum absolute atomic E-state index is 12.4. The summed E-state index contributed by atoms with van der Waals surface area (Å²) < 4.78 is 0. The Kier molecular flexibility index (Phi) is 2.34. The first kappa shape index (κ1) is 10.3. The van der Waals surface area contributed by atoms with Crippen molar-refractivity contribution in [3.05, 3.63) is 57.9 Å². The second kappa shape index (κ2) is 3.86. The number of hydrogen-bond acceptors (Lipinski definition) is 2. The molecule has 0 bridgehead atoms. The summed E-state index contributed by atoms with van der Waals surface area (Å²) in [4.78, 5) is 16.4. The third-order valence-corrected chi connectivity index (χ3v) is 3.73. The summed E-state index contributed by atoms with van der Waals surface area (Å²) in [5.41, 5.74) is 2.75. The predicted molar refractivity (Wildman–Crippen MR) is 70.8 cm³/mol. The molecular formula is C14H11NOS. The minimum absolute atomic E-state index is 0.106. The number of aromatic amines is 1. The van der Waals surface area contributed by atoms with Gasteiger partial charge in [0.1, 0.15) is 0 Å². The van der Waals surface area contributed by atoms with E-state index in [2.05, 4.69) is 4.98 Å². The molecule has 1 N–H and O–H groups in total. The molecule has 0 saturated carbocycles. The van der Waals surface area contributed by atoms with Crippen molar-refractivity contribution < 1.29 is 4.79 Å². The normalized spacial score (nSPS) is 10.9. The van der Waals surface area contributed by atoms with Gasteiger partial charge in [-0.2, -0.15) is 0 Å².